The number of rotatable bonds is 1. The maximum absolute atomic E-state index is 12.1. The minimum atomic E-state index is -0.406. The zero-order chi connectivity index (χ0) is 13.1. The fraction of sp³-hybridized carbons (Fsp3) is 0.929. The summed E-state index contributed by atoms with van der Waals surface area (Å²) in [4.78, 5) is 14.1. The van der Waals surface area contributed by atoms with E-state index in [2.05, 4.69) is 0 Å². The van der Waals surface area contributed by atoms with E-state index in [1.165, 1.54) is 6.42 Å². The first kappa shape index (κ1) is 12.3. The Balaban J connectivity index is 1.66. The van der Waals surface area contributed by atoms with Gasteiger partial charge in [-0.3, -0.25) is 0 Å². The molecule has 1 amide bonds. The first-order chi connectivity index (χ1) is 8.30. The zero-order valence-corrected chi connectivity index (χ0v) is 11.6. The van der Waals surface area contributed by atoms with E-state index in [1.807, 2.05) is 25.7 Å². The van der Waals surface area contributed by atoms with Crippen molar-refractivity contribution in [1.82, 2.24) is 4.90 Å². The largest absolute Gasteiger partial charge is 0.444 e. The lowest BCUT2D eigenvalue weighted by Gasteiger charge is -2.53. The molecule has 4 heteroatoms. The quantitative estimate of drug-likeness (QED) is 0.777. The van der Waals surface area contributed by atoms with Crippen molar-refractivity contribution < 1.29 is 9.53 Å². The van der Waals surface area contributed by atoms with E-state index in [4.69, 9.17) is 10.5 Å². The van der Waals surface area contributed by atoms with Crippen molar-refractivity contribution in [1.29, 1.82) is 0 Å². The van der Waals surface area contributed by atoms with E-state index in [0.29, 0.717) is 17.9 Å². The van der Waals surface area contributed by atoms with Gasteiger partial charge in [-0.2, -0.15) is 0 Å². The van der Waals surface area contributed by atoms with Crippen LogP contribution in [-0.2, 0) is 4.74 Å². The van der Waals surface area contributed by atoms with Crippen molar-refractivity contribution in [2.75, 3.05) is 6.54 Å². The Bertz CT molecular complexity index is 370. The Kier molecular flexibility index (Phi) is 2.47. The van der Waals surface area contributed by atoms with Gasteiger partial charge >= 0.3 is 6.09 Å². The number of fused-ring (bicyclic) bond motifs is 1. The van der Waals surface area contributed by atoms with Gasteiger partial charge in [-0.1, -0.05) is 0 Å². The molecular formula is C14H24N2O2. The van der Waals surface area contributed by atoms with Crippen LogP contribution in [0.2, 0.25) is 0 Å². The fourth-order valence-corrected chi connectivity index (χ4v) is 3.92. The highest BCUT2D eigenvalue weighted by molar-refractivity contribution is 5.70. The number of nitrogens with zero attached hydrogens (tertiary/aromatic N) is 1. The molecule has 2 aliphatic carbocycles. The number of amides is 1. The van der Waals surface area contributed by atoms with E-state index in [-0.39, 0.29) is 11.6 Å². The molecule has 4 rings (SSSR count). The van der Waals surface area contributed by atoms with Crippen LogP contribution in [-0.4, -0.2) is 34.7 Å². The number of hydrogen-bond acceptors (Lipinski definition) is 3. The molecule has 4 nitrogen and oxygen atoms in total. The molecular weight excluding hydrogens is 228 g/mol. The summed E-state index contributed by atoms with van der Waals surface area (Å²) in [6.45, 7) is 6.60. The molecule has 4 aliphatic rings. The van der Waals surface area contributed by atoms with Crippen LogP contribution in [0.15, 0.2) is 0 Å². The molecule has 0 aromatic carbocycles. The third-order valence-corrected chi connectivity index (χ3v) is 4.87. The first-order valence-electron chi connectivity index (χ1n) is 7.09. The predicted octanol–water partition coefficient (Wildman–Crippen LogP) is 2.12. The fourth-order valence-electron chi connectivity index (χ4n) is 3.92. The van der Waals surface area contributed by atoms with Gasteiger partial charge in [0.05, 0.1) is 0 Å². The van der Waals surface area contributed by atoms with Crippen molar-refractivity contribution in [3.8, 4) is 0 Å². The van der Waals surface area contributed by atoms with E-state index in [1.54, 1.807) is 0 Å². The van der Waals surface area contributed by atoms with E-state index >= 15 is 0 Å². The summed E-state index contributed by atoms with van der Waals surface area (Å²) in [6.07, 6.45) is 4.49. The normalized spacial score (nSPS) is 36.9. The zero-order valence-electron chi connectivity index (χ0n) is 11.6. The Hall–Kier alpha value is -0.770. The van der Waals surface area contributed by atoms with Crippen molar-refractivity contribution >= 4 is 6.09 Å². The molecule has 1 unspecified atom stereocenters. The van der Waals surface area contributed by atoms with Gasteiger partial charge < -0.3 is 15.4 Å². The Morgan fingerprint density at radius 3 is 2.56 bits per heavy atom. The molecule has 2 heterocycles. The molecule has 2 saturated heterocycles. The van der Waals surface area contributed by atoms with Gasteiger partial charge in [0.25, 0.3) is 0 Å². The van der Waals surface area contributed by atoms with Crippen LogP contribution in [0.5, 0.6) is 0 Å². The van der Waals surface area contributed by atoms with Crippen molar-refractivity contribution in [2.45, 2.75) is 63.6 Å². The Labute approximate surface area is 109 Å². The molecule has 2 aliphatic heterocycles. The molecule has 2 bridgehead atoms. The minimum Gasteiger partial charge on any atom is -0.444 e. The second-order valence-electron chi connectivity index (χ2n) is 7.31. The molecule has 0 aromatic rings. The topological polar surface area (TPSA) is 55.6 Å². The van der Waals surface area contributed by atoms with Gasteiger partial charge in [-0.25, -0.2) is 4.79 Å². The van der Waals surface area contributed by atoms with Crippen LogP contribution in [0.4, 0.5) is 4.79 Å². The molecule has 0 aromatic heterocycles. The highest BCUT2D eigenvalue weighted by atomic mass is 16.6. The molecule has 3 atom stereocenters. The third kappa shape index (κ3) is 1.73. The van der Waals surface area contributed by atoms with E-state index < -0.39 is 5.60 Å². The second-order valence-corrected chi connectivity index (χ2v) is 7.31. The number of carbonyl (C=O) groups excluding carboxylic acids is 1. The average Bonchev–Trinajstić information content (AvgIpc) is 2.69. The molecule has 0 radical (unpaired) electrons. The lowest BCUT2D eigenvalue weighted by molar-refractivity contribution is 0.000667. The average molecular weight is 252 g/mol. The van der Waals surface area contributed by atoms with Crippen LogP contribution in [0, 0.1) is 11.8 Å². The van der Waals surface area contributed by atoms with Gasteiger partial charge in [0.2, 0.25) is 0 Å². The summed E-state index contributed by atoms with van der Waals surface area (Å²) in [5.74, 6) is 1.14. The maximum atomic E-state index is 12.1. The third-order valence-electron chi connectivity index (χ3n) is 4.87. The van der Waals surface area contributed by atoms with Crippen molar-refractivity contribution in [2.24, 2.45) is 17.6 Å². The van der Waals surface area contributed by atoms with Crippen LogP contribution < -0.4 is 5.73 Å². The number of nitrogens with two attached hydrogens (primary N) is 1. The summed E-state index contributed by atoms with van der Waals surface area (Å²) in [7, 11) is 0. The Morgan fingerprint density at radius 2 is 2.06 bits per heavy atom. The smallest absolute Gasteiger partial charge is 0.410 e. The van der Waals surface area contributed by atoms with Crippen LogP contribution in [0.1, 0.15) is 46.5 Å². The summed E-state index contributed by atoms with van der Waals surface area (Å²) in [5.41, 5.74) is 6.05. The number of carbonyl (C=O) groups is 1. The predicted molar refractivity (Wildman–Crippen MR) is 69.1 cm³/mol. The molecule has 18 heavy (non-hydrogen) atoms. The lowest BCUT2D eigenvalue weighted by atomic mass is 9.56. The standard InChI is InChI=1S/C14H24N2O2/c1-13(2,3)18-12(17)16-8-9-7-10(16)11(9)14(15)5-4-6-14/h9-11H,4-8,15H2,1-3H3/t9-,10-,11?/m0/s1. The van der Waals surface area contributed by atoms with E-state index in [9.17, 15) is 4.79 Å². The molecule has 4 fully saturated rings. The molecule has 2 N–H and O–H groups in total. The molecule has 2 saturated carbocycles. The van der Waals surface area contributed by atoms with Gasteiger partial charge in [0.15, 0.2) is 0 Å². The summed E-state index contributed by atoms with van der Waals surface area (Å²) >= 11 is 0. The lowest BCUT2D eigenvalue weighted by Crippen LogP contribution is -2.62. The van der Waals surface area contributed by atoms with Gasteiger partial charge in [0, 0.05) is 24.0 Å². The highest BCUT2D eigenvalue weighted by Crippen LogP contribution is 2.55. The van der Waals surface area contributed by atoms with Gasteiger partial charge in [-0.05, 0) is 52.4 Å². The molecule has 0 spiro atoms. The van der Waals surface area contributed by atoms with Crippen LogP contribution in [0.25, 0.3) is 0 Å². The maximum Gasteiger partial charge on any atom is 0.410 e. The number of ether oxygens (including phenoxy) is 1. The van der Waals surface area contributed by atoms with Crippen molar-refractivity contribution in [3.63, 3.8) is 0 Å². The number of hydrogen-bond donors (Lipinski definition) is 1. The SMILES string of the molecule is CC(C)(C)OC(=O)N1C[C@@H]2C[C@H]1C2C1(N)CCC1. The first-order valence-corrected chi connectivity index (χ1v) is 7.09. The van der Waals surface area contributed by atoms with Crippen LogP contribution in [0.3, 0.4) is 0 Å². The summed E-state index contributed by atoms with van der Waals surface area (Å²) < 4.78 is 5.48. The van der Waals surface area contributed by atoms with Crippen molar-refractivity contribution in [3.05, 3.63) is 0 Å². The Morgan fingerprint density at radius 1 is 1.39 bits per heavy atom. The van der Waals surface area contributed by atoms with Gasteiger partial charge in [-0.15, -0.1) is 0 Å². The molecule has 102 valence electrons. The summed E-state index contributed by atoms with van der Waals surface area (Å²) in [5, 5.41) is 0. The second kappa shape index (κ2) is 3.62. The highest BCUT2D eigenvalue weighted by Gasteiger charge is 2.62. The summed E-state index contributed by atoms with van der Waals surface area (Å²) in [6, 6.07) is 0.343. The van der Waals surface area contributed by atoms with E-state index in [0.717, 1.165) is 25.8 Å². The van der Waals surface area contributed by atoms with Crippen LogP contribution >= 0.6 is 0 Å². The monoisotopic (exact) mass is 252 g/mol. The minimum absolute atomic E-state index is 0.0182. The van der Waals surface area contributed by atoms with Gasteiger partial charge in [0.1, 0.15) is 5.60 Å².